The second-order valence-electron chi connectivity index (χ2n) is 4.96. The largest absolute Gasteiger partial charge is 0.492 e. The average molecular weight is 313 g/mol. The van der Waals surface area contributed by atoms with Gasteiger partial charge in [-0.25, -0.2) is 4.79 Å². The Morgan fingerprint density at radius 3 is 2.57 bits per heavy atom. The van der Waals surface area contributed by atoms with Gasteiger partial charge >= 0.3 is 5.97 Å². The Morgan fingerprint density at radius 2 is 1.83 bits per heavy atom. The minimum atomic E-state index is -0.510. The summed E-state index contributed by atoms with van der Waals surface area (Å²) in [4.78, 5) is 23.4. The van der Waals surface area contributed by atoms with Crippen LogP contribution in [0.15, 0.2) is 54.6 Å². The molecule has 0 aliphatic rings. The van der Waals surface area contributed by atoms with E-state index in [2.05, 4.69) is 5.32 Å². The summed E-state index contributed by atoms with van der Waals surface area (Å²) in [6, 6.07) is 16.4. The number of esters is 1. The van der Waals surface area contributed by atoms with Crippen LogP contribution in [0.4, 0.5) is 0 Å². The predicted octanol–water partition coefficient (Wildman–Crippen LogP) is 2.35. The van der Waals surface area contributed by atoms with Crippen LogP contribution in [-0.2, 0) is 9.53 Å². The topological polar surface area (TPSA) is 64.6 Å². The molecule has 0 radical (unpaired) electrons. The lowest BCUT2D eigenvalue weighted by atomic mass is 10.1. The molecule has 5 heteroatoms. The number of ether oxygens (including phenoxy) is 2. The van der Waals surface area contributed by atoms with E-state index in [1.165, 1.54) is 0 Å². The second kappa shape index (κ2) is 8.58. The normalized spacial score (nSPS) is 9.96. The Hall–Kier alpha value is -2.82. The fourth-order valence-corrected chi connectivity index (χ4v) is 1.91. The quantitative estimate of drug-likeness (QED) is 0.629. The highest BCUT2D eigenvalue weighted by molar-refractivity contribution is 5.91. The van der Waals surface area contributed by atoms with Crippen molar-refractivity contribution in [2.75, 3.05) is 19.8 Å². The van der Waals surface area contributed by atoms with Crippen LogP contribution in [0.1, 0.15) is 15.9 Å². The maximum atomic E-state index is 11.8. The van der Waals surface area contributed by atoms with Gasteiger partial charge in [-0.05, 0) is 31.2 Å². The highest BCUT2D eigenvalue weighted by atomic mass is 16.5. The number of amides is 1. The van der Waals surface area contributed by atoms with Crippen molar-refractivity contribution < 1.29 is 19.1 Å². The zero-order valence-electron chi connectivity index (χ0n) is 13.0. The Labute approximate surface area is 135 Å². The maximum absolute atomic E-state index is 11.8. The number of carbonyl (C=O) groups is 2. The van der Waals surface area contributed by atoms with E-state index in [4.69, 9.17) is 9.47 Å². The molecule has 0 unspecified atom stereocenters. The van der Waals surface area contributed by atoms with Crippen LogP contribution in [0.3, 0.4) is 0 Å². The van der Waals surface area contributed by atoms with Gasteiger partial charge in [-0.2, -0.15) is 0 Å². The molecule has 0 fully saturated rings. The van der Waals surface area contributed by atoms with Crippen LogP contribution in [0.5, 0.6) is 5.75 Å². The lowest BCUT2D eigenvalue weighted by molar-refractivity contribution is -0.124. The molecule has 23 heavy (non-hydrogen) atoms. The van der Waals surface area contributed by atoms with Crippen molar-refractivity contribution in [3.05, 3.63) is 65.7 Å². The average Bonchev–Trinajstić information content (AvgIpc) is 2.57. The molecule has 0 atom stereocenters. The minimum Gasteiger partial charge on any atom is -0.492 e. The van der Waals surface area contributed by atoms with E-state index in [-0.39, 0.29) is 12.5 Å². The first-order valence-electron chi connectivity index (χ1n) is 7.33. The highest BCUT2D eigenvalue weighted by Gasteiger charge is 2.09. The summed E-state index contributed by atoms with van der Waals surface area (Å²) in [5, 5.41) is 2.63. The summed E-state index contributed by atoms with van der Waals surface area (Å²) in [6.07, 6.45) is 0. The molecule has 2 aromatic rings. The zero-order valence-corrected chi connectivity index (χ0v) is 13.0. The molecule has 2 aromatic carbocycles. The molecule has 2 rings (SSSR count). The SMILES string of the molecule is Cc1cccc(C(=O)OCC(=O)NCCOc2ccccc2)c1. The summed E-state index contributed by atoms with van der Waals surface area (Å²) >= 11 is 0. The van der Waals surface area contributed by atoms with Gasteiger partial charge in [0.25, 0.3) is 5.91 Å². The molecule has 0 heterocycles. The van der Waals surface area contributed by atoms with Crippen molar-refractivity contribution in [1.29, 1.82) is 0 Å². The van der Waals surface area contributed by atoms with E-state index >= 15 is 0 Å². The van der Waals surface area contributed by atoms with Gasteiger partial charge < -0.3 is 14.8 Å². The predicted molar refractivity (Wildman–Crippen MR) is 86.4 cm³/mol. The fraction of sp³-hybridized carbons (Fsp3) is 0.222. The van der Waals surface area contributed by atoms with Gasteiger partial charge in [0.05, 0.1) is 12.1 Å². The molecule has 120 valence electrons. The van der Waals surface area contributed by atoms with Crippen LogP contribution in [0.2, 0.25) is 0 Å². The highest BCUT2D eigenvalue weighted by Crippen LogP contribution is 2.07. The van der Waals surface area contributed by atoms with Gasteiger partial charge in [0.1, 0.15) is 12.4 Å². The van der Waals surface area contributed by atoms with Crippen LogP contribution >= 0.6 is 0 Å². The Kier molecular flexibility index (Phi) is 6.17. The molecule has 0 spiro atoms. The van der Waals surface area contributed by atoms with E-state index in [1.807, 2.05) is 43.3 Å². The monoisotopic (exact) mass is 313 g/mol. The molecule has 0 bridgehead atoms. The number of para-hydroxylation sites is 1. The maximum Gasteiger partial charge on any atom is 0.338 e. The number of nitrogens with one attached hydrogen (secondary N) is 1. The van der Waals surface area contributed by atoms with Crippen molar-refractivity contribution in [3.63, 3.8) is 0 Å². The lowest BCUT2D eigenvalue weighted by Crippen LogP contribution is -2.32. The van der Waals surface area contributed by atoms with Crippen LogP contribution in [0, 0.1) is 6.92 Å². The number of carbonyl (C=O) groups excluding carboxylic acids is 2. The molecule has 0 aliphatic carbocycles. The zero-order chi connectivity index (χ0) is 16.5. The summed E-state index contributed by atoms with van der Waals surface area (Å²) in [7, 11) is 0. The van der Waals surface area contributed by atoms with Gasteiger partial charge in [0.15, 0.2) is 6.61 Å². The number of hydrogen-bond acceptors (Lipinski definition) is 4. The van der Waals surface area contributed by atoms with E-state index < -0.39 is 5.97 Å². The Balaban J connectivity index is 1.64. The van der Waals surface area contributed by atoms with Crippen molar-refractivity contribution in [2.24, 2.45) is 0 Å². The molecule has 5 nitrogen and oxygen atoms in total. The van der Waals surface area contributed by atoms with Crippen molar-refractivity contribution in [3.8, 4) is 5.75 Å². The molecule has 1 N–H and O–H groups in total. The number of aryl methyl sites for hydroxylation is 1. The van der Waals surface area contributed by atoms with Gasteiger partial charge in [-0.3, -0.25) is 4.79 Å². The Morgan fingerprint density at radius 1 is 1.04 bits per heavy atom. The van der Waals surface area contributed by atoms with Crippen LogP contribution < -0.4 is 10.1 Å². The lowest BCUT2D eigenvalue weighted by Gasteiger charge is -2.08. The summed E-state index contributed by atoms with van der Waals surface area (Å²) in [5.74, 6) is -0.125. The summed E-state index contributed by atoms with van der Waals surface area (Å²) in [5.41, 5.74) is 1.40. The molecule has 1 amide bonds. The van der Waals surface area contributed by atoms with Crippen molar-refractivity contribution >= 4 is 11.9 Å². The third-order valence-electron chi connectivity index (χ3n) is 3.02. The first-order valence-corrected chi connectivity index (χ1v) is 7.33. The number of hydrogen-bond donors (Lipinski definition) is 1. The second-order valence-corrected chi connectivity index (χ2v) is 4.96. The molecule has 0 aromatic heterocycles. The standard InChI is InChI=1S/C18H19NO4/c1-14-6-5-7-15(12-14)18(21)23-13-17(20)19-10-11-22-16-8-3-2-4-9-16/h2-9,12H,10-11,13H2,1H3,(H,19,20). The third kappa shape index (κ3) is 5.82. The Bertz CT molecular complexity index is 655. The van der Waals surface area contributed by atoms with Gasteiger partial charge in [0.2, 0.25) is 0 Å². The first-order chi connectivity index (χ1) is 11.1. The summed E-state index contributed by atoms with van der Waals surface area (Å²) < 4.78 is 10.4. The third-order valence-corrected chi connectivity index (χ3v) is 3.02. The molecule has 0 saturated heterocycles. The van der Waals surface area contributed by atoms with Crippen LogP contribution in [0.25, 0.3) is 0 Å². The van der Waals surface area contributed by atoms with Crippen LogP contribution in [-0.4, -0.2) is 31.6 Å². The van der Waals surface area contributed by atoms with E-state index in [0.717, 1.165) is 11.3 Å². The number of benzene rings is 2. The number of rotatable bonds is 7. The van der Waals surface area contributed by atoms with E-state index in [1.54, 1.807) is 18.2 Å². The first kappa shape index (κ1) is 16.5. The van der Waals surface area contributed by atoms with E-state index in [9.17, 15) is 9.59 Å². The fourth-order valence-electron chi connectivity index (χ4n) is 1.91. The summed E-state index contributed by atoms with van der Waals surface area (Å²) in [6.45, 7) is 2.27. The van der Waals surface area contributed by atoms with Crippen molar-refractivity contribution in [1.82, 2.24) is 5.32 Å². The molecular formula is C18H19NO4. The molecule has 0 aliphatic heterocycles. The molecule has 0 saturated carbocycles. The minimum absolute atomic E-state index is 0.307. The van der Waals surface area contributed by atoms with E-state index in [0.29, 0.717) is 18.7 Å². The van der Waals surface area contributed by atoms with Crippen molar-refractivity contribution in [2.45, 2.75) is 6.92 Å². The molecular weight excluding hydrogens is 294 g/mol. The smallest absolute Gasteiger partial charge is 0.338 e. The van der Waals surface area contributed by atoms with Gasteiger partial charge in [0, 0.05) is 0 Å². The van der Waals surface area contributed by atoms with Gasteiger partial charge in [-0.15, -0.1) is 0 Å². The van der Waals surface area contributed by atoms with Gasteiger partial charge in [-0.1, -0.05) is 35.9 Å².